The molecule has 4 radical (unpaired) electrons. The SMILES string of the molecule is [Cu].[Cu].[Cu].[Cu].[SH-].[SH-]. The molecule has 0 fully saturated rings. The van der Waals surface area contributed by atoms with E-state index in [2.05, 4.69) is 0 Å². The molecule has 0 spiro atoms. The summed E-state index contributed by atoms with van der Waals surface area (Å²) in [6.45, 7) is 0. The van der Waals surface area contributed by atoms with Crippen LogP contribution in [0.5, 0.6) is 0 Å². The first kappa shape index (κ1) is 68.8. The molecule has 0 unspecified atom stereocenters. The van der Waals surface area contributed by atoms with Crippen molar-refractivity contribution in [2.45, 2.75) is 0 Å². The molecule has 0 amide bonds. The fourth-order valence-corrected chi connectivity index (χ4v) is 0. The summed E-state index contributed by atoms with van der Waals surface area (Å²) < 4.78 is 0. The maximum atomic E-state index is 0. The summed E-state index contributed by atoms with van der Waals surface area (Å²) in [7, 11) is 0. The van der Waals surface area contributed by atoms with Crippen LogP contribution in [0.3, 0.4) is 0 Å². The Morgan fingerprint density at radius 1 is 0.333 bits per heavy atom. The molecule has 60 valence electrons. The van der Waals surface area contributed by atoms with Crippen LogP contribution in [0.15, 0.2) is 0 Å². The van der Waals surface area contributed by atoms with Crippen LogP contribution in [-0.4, -0.2) is 0 Å². The van der Waals surface area contributed by atoms with Crippen molar-refractivity contribution >= 4 is 27.0 Å². The zero-order valence-corrected chi connectivity index (χ0v) is 7.66. The van der Waals surface area contributed by atoms with E-state index in [9.17, 15) is 0 Å². The fraction of sp³-hybridized carbons (Fsp3) is 0. The number of hydrogen-bond donors (Lipinski definition) is 0. The normalized spacial score (nSPS) is 0. The summed E-state index contributed by atoms with van der Waals surface area (Å²) in [5.74, 6) is 0. The summed E-state index contributed by atoms with van der Waals surface area (Å²) in [6.07, 6.45) is 0. The maximum Gasteiger partial charge on any atom is 0 e. The number of thiol groups is 2. The molecular formula is H2Cu4S2-2. The van der Waals surface area contributed by atoms with Crippen LogP contribution >= 0.6 is 0 Å². The van der Waals surface area contributed by atoms with Gasteiger partial charge in [0.1, 0.15) is 0 Å². The van der Waals surface area contributed by atoms with Crippen LogP contribution in [0.4, 0.5) is 0 Å². The van der Waals surface area contributed by atoms with Crippen molar-refractivity contribution in [3.63, 3.8) is 0 Å². The van der Waals surface area contributed by atoms with E-state index < -0.39 is 0 Å². The van der Waals surface area contributed by atoms with Crippen LogP contribution in [0.25, 0.3) is 0 Å². The van der Waals surface area contributed by atoms with E-state index >= 15 is 0 Å². The zero-order chi connectivity index (χ0) is 0. The van der Waals surface area contributed by atoms with E-state index in [1.54, 1.807) is 0 Å². The van der Waals surface area contributed by atoms with Crippen LogP contribution in [0.1, 0.15) is 0 Å². The first-order valence-corrected chi connectivity index (χ1v) is 0. The predicted octanol–water partition coefficient (Wildman–Crippen LogP) is -0.550. The quantitative estimate of drug-likeness (QED) is 0.334. The topological polar surface area (TPSA) is 0 Å². The van der Waals surface area contributed by atoms with Gasteiger partial charge < -0.3 is 27.0 Å². The largest absolute Gasteiger partial charge is 0.813 e. The van der Waals surface area contributed by atoms with Gasteiger partial charge in [-0.3, -0.25) is 0 Å². The third-order valence-electron chi connectivity index (χ3n) is 0. The first-order valence-electron chi connectivity index (χ1n) is 0. The Bertz CT molecular complexity index is 5.51. The van der Waals surface area contributed by atoms with Gasteiger partial charge in [-0.2, -0.15) is 0 Å². The second-order valence-electron chi connectivity index (χ2n) is 0. The average Bonchev–Trinajstić information content (AvgIpc) is 0. The standard InChI is InChI=1S/4Cu.2H2S/h;;;;2*1H2/p-2. The molecule has 0 N–H and O–H groups in total. The first-order chi connectivity index (χ1) is 0. The smallest absolute Gasteiger partial charge is 0 e. The van der Waals surface area contributed by atoms with Crippen LogP contribution in [0, 0.1) is 0 Å². The Balaban J connectivity index is 0. The van der Waals surface area contributed by atoms with Crippen molar-refractivity contribution in [3.8, 4) is 0 Å². The molecule has 0 nitrogen and oxygen atoms in total. The Morgan fingerprint density at radius 3 is 0.333 bits per heavy atom. The third-order valence-corrected chi connectivity index (χ3v) is 0. The van der Waals surface area contributed by atoms with Gasteiger partial charge >= 0.3 is 0 Å². The minimum absolute atomic E-state index is 0. The molecule has 6 heteroatoms. The fourth-order valence-electron chi connectivity index (χ4n) is 0. The van der Waals surface area contributed by atoms with E-state index in [0.717, 1.165) is 0 Å². The Labute approximate surface area is 94.1 Å². The van der Waals surface area contributed by atoms with E-state index in [4.69, 9.17) is 0 Å². The van der Waals surface area contributed by atoms with E-state index in [1.807, 2.05) is 0 Å². The van der Waals surface area contributed by atoms with Crippen molar-refractivity contribution in [3.05, 3.63) is 0 Å². The maximum absolute atomic E-state index is 0. The molecule has 0 aromatic carbocycles. The Kier molecular flexibility index (Phi) is 531. The van der Waals surface area contributed by atoms with Crippen LogP contribution in [0.2, 0.25) is 0 Å². The van der Waals surface area contributed by atoms with Gasteiger partial charge in [0.2, 0.25) is 0 Å². The van der Waals surface area contributed by atoms with E-state index in [-0.39, 0.29) is 95.3 Å². The van der Waals surface area contributed by atoms with Crippen molar-refractivity contribution in [2.75, 3.05) is 0 Å². The average molecular weight is 320 g/mol. The zero-order valence-electron chi connectivity index (χ0n) is 2.10. The van der Waals surface area contributed by atoms with E-state index in [1.165, 1.54) is 0 Å². The number of hydrogen-bond acceptors (Lipinski definition) is 2. The van der Waals surface area contributed by atoms with Crippen LogP contribution < -0.4 is 0 Å². The molecule has 0 bridgehead atoms. The minimum atomic E-state index is 0. The molecule has 0 atom stereocenters. The second-order valence-corrected chi connectivity index (χ2v) is 0. The number of rotatable bonds is 0. The summed E-state index contributed by atoms with van der Waals surface area (Å²) in [5.41, 5.74) is 0. The Hall–Kier alpha value is 2.78. The minimum Gasteiger partial charge on any atom is -0.813 e. The van der Waals surface area contributed by atoms with Crippen molar-refractivity contribution in [2.24, 2.45) is 0 Å². The summed E-state index contributed by atoms with van der Waals surface area (Å²) in [6, 6.07) is 0. The molecule has 0 aliphatic heterocycles. The van der Waals surface area contributed by atoms with Crippen molar-refractivity contribution < 1.29 is 68.3 Å². The molecule has 0 heterocycles. The van der Waals surface area contributed by atoms with Gasteiger partial charge in [0.15, 0.2) is 0 Å². The monoisotopic (exact) mass is 318 g/mol. The van der Waals surface area contributed by atoms with E-state index in [0.29, 0.717) is 0 Å². The Morgan fingerprint density at radius 2 is 0.333 bits per heavy atom. The summed E-state index contributed by atoms with van der Waals surface area (Å²) in [4.78, 5) is 0. The molecule has 0 aromatic heterocycles. The molecule has 0 aromatic rings. The van der Waals surface area contributed by atoms with Gasteiger partial charge in [0.25, 0.3) is 0 Å². The molecule has 0 saturated heterocycles. The predicted molar refractivity (Wildman–Crippen MR) is 17.5 cm³/mol. The summed E-state index contributed by atoms with van der Waals surface area (Å²) >= 11 is 0. The van der Waals surface area contributed by atoms with Gasteiger partial charge in [-0.15, -0.1) is 0 Å². The van der Waals surface area contributed by atoms with Crippen molar-refractivity contribution in [1.29, 1.82) is 0 Å². The van der Waals surface area contributed by atoms with Crippen LogP contribution in [-0.2, 0) is 95.3 Å². The molecule has 0 saturated carbocycles. The van der Waals surface area contributed by atoms with Gasteiger partial charge in [0, 0.05) is 68.3 Å². The van der Waals surface area contributed by atoms with Gasteiger partial charge in [-0.25, -0.2) is 0 Å². The molecule has 0 rings (SSSR count). The summed E-state index contributed by atoms with van der Waals surface area (Å²) in [5, 5.41) is 0. The van der Waals surface area contributed by atoms with Gasteiger partial charge in [-0.1, -0.05) is 0 Å². The molecule has 0 aliphatic rings. The van der Waals surface area contributed by atoms with Crippen molar-refractivity contribution in [1.82, 2.24) is 0 Å². The van der Waals surface area contributed by atoms with Gasteiger partial charge in [0.05, 0.1) is 0 Å². The molecule has 6 heavy (non-hydrogen) atoms. The third kappa shape index (κ3) is 29.3. The molecule has 0 aliphatic carbocycles. The van der Waals surface area contributed by atoms with Gasteiger partial charge in [-0.05, 0) is 0 Å². The second kappa shape index (κ2) is 46.3. The molecular weight excluding hydrogens is 318 g/mol.